The van der Waals surface area contributed by atoms with Gasteiger partial charge in [0.05, 0.1) is 71.9 Å². The summed E-state index contributed by atoms with van der Waals surface area (Å²) >= 11 is 7.37. The van der Waals surface area contributed by atoms with Crippen LogP contribution >= 0.6 is 11.6 Å². The van der Waals surface area contributed by atoms with Crippen LogP contribution in [0.3, 0.4) is 0 Å². The van der Waals surface area contributed by atoms with Gasteiger partial charge in [-0.3, -0.25) is 14.2 Å². The fourth-order valence-electron chi connectivity index (χ4n) is 9.68. The van der Waals surface area contributed by atoms with Gasteiger partial charge in [-0.05, 0) is 61.8 Å². The van der Waals surface area contributed by atoms with Crippen molar-refractivity contribution in [1.29, 1.82) is 0 Å². The first kappa shape index (κ1) is 45.3. The summed E-state index contributed by atoms with van der Waals surface area (Å²) in [6.07, 6.45) is 4.18. The Morgan fingerprint density at radius 3 is 1.87 bits per heavy atom. The Kier molecular flexibility index (Phi) is 12.5. The average molecular weight is 934 g/mol. The number of amides is 4. The number of ether oxygens (including phenoxy) is 3. The number of aromatic nitrogens is 5. The van der Waals surface area contributed by atoms with Gasteiger partial charge in [0.15, 0.2) is 0 Å². The van der Waals surface area contributed by atoms with Crippen LogP contribution in [0.1, 0.15) is 88.9 Å². The smallest absolute Gasteiger partial charge is 0.407 e. The summed E-state index contributed by atoms with van der Waals surface area (Å²) in [6.45, 7) is 8.49. The van der Waals surface area contributed by atoms with E-state index in [-0.39, 0.29) is 41.3 Å². The second-order valence-electron chi connectivity index (χ2n) is 17.9. The number of carbonyl (C=O) groups excluding carboxylic acids is 4. The maximum atomic E-state index is 16.9. The Labute approximate surface area is 391 Å². The van der Waals surface area contributed by atoms with E-state index in [1.54, 1.807) is 28.3 Å². The quantitative estimate of drug-likeness (QED) is 0.0984. The van der Waals surface area contributed by atoms with Crippen LogP contribution in [0.5, 0.6) is 5.75 Å². The molecule has 67 heavy (non-hydrogen) atoms. The lowest BCUT2D eigenvalue weighted by Gasteiger charge is -2.31. The van der Waals surface area contributed by atoms with E-state index < -0.39 is 36.3 Å². The number of imidazole rings is 2. The SMILES string of the molecule is COC(=O)N[C@H](C(=O)N1CCC[C@H]1c1ncc(-c2cc(F)c3c(c2)O[C@@H](c2ccccc2)n2c-3c(Cl)c3cc(-c4cnc([C@@H]5CCCN5C(=O)[C@@H](NC(=O)OC)C(C)C)[nH]4)ccc32)[nH]1)C(C)C. The largest absolute Gasteiger partial charge is 0.465 e. The Hall–Kier alpha value is -6.88. The summed E-state index contributed by atoms with van der Waals surface area (Å²) < 4.78 is 35.2. The van der Waals surface area contributed by atoms with Gasteiger partial charge in [-0.1, -0.05) is 75.7 Å². The van der Waals surface area contributed by atoms with Crippen LogP contribution in [0.2, 0.25) is 5.02 Å². The Morgan fingerprint density at radius 1 is 0.776 bits per heavy atom. The van der Waals surface area contributed by atoms with Gasteiger partial charge < -0.3 is 44.6 Å². The van der Waals surface area contributed by atoms with E-state index in [2.05, 4.69) is 25.6 Å². The summed E-state index contributed by atoms with van der Waals surface area (Å²) in [5.41, 5.74) is 4.74. The van der Waals surface area contributed by atoms with Gasteiger partial charge in [0.2, 0.25) is 18.0 Å². The third-order valence-corrected chi connectivity index (χ3v) is 13.5. The molecule has 0 unspecified atom stereocenters. The monoisotopic (exact) mass is 933 g/mol. The fourth-order valence-corrected chi connectivity index (χ4v) is 10.0. The maximum absolute atomic E-state index is 16.9. The summed E-state index contributed by atoms with van der Waals surface area (Å²) in [7, 11) is 2.53. The third kappa shape index (κ3) is 8.34. The van der Waals surface area contributed by atoms with Crippen LogP contribution < -0.4 is 15.4 Å². The lowest BCUT2D eigenvalue weighted by Crippen LogP contribution is -2.51. The molecule has 2 fully saturated rings. The molecule has 5 atom stereocenters. The molecule has 0 aliphatic carbocycles. The van der Waals surface area contributed by atoms with Crippen LogP contribution in [-0.4, -0.2) is 97.7 Å². The number of alkyl carbamates (subject to hydrolysis) is 2. The Balaban J connectivity index is 1.04. The number of likely N-dealkylation sites (tertiary alicyclic amines) is 2. The number of rotatable bonds is 11. The van der Waals surface area contributed by atoms with Crippen molar-refractivity contribution >= 4 is 46.5 Å². The van der Waals surface area contributed by atoms with Crippen molar-refractivity contribution in [3.05, 3.63) is 101 Å². The maximum Gasteiger partial charge on any atom is 0.407 e. The number of hydrogen-bond donors (Lipinski definition) is 4. The van der Waals surface area contributed by atoms with Crippen molar-refractivity contribution in [2.45, 2.75) is 83.8 Å². The molecule has 0 saturated carbocycles. The number of benzene rings is 3. The van der Waals surface area contributed by atoms with Crippen LogP contribution in [0.25, 0.3) is 44.7 Å². The Morgan fingerprint density at radius 2 is 1.33 bits per heavy atom. The van der Waals surface area contributed by atoms with E-state index in [1.165, 1.54) is 20.3 Å². The summed E-state index contributed by atoms with van der Waals surface area (Å²) in [5, 5.41) is 6.38. The zero-order valence-electron chi connectivity index (χ0n) is 38.1. The molecule has 0 spiro atoms. The second kappa shape index (κ2) is 18.4. The molecule has 9 rings (SSSR count). The molecule has 3 aromatic heterocycles. The second-order valence-corrected chi connectivity index (χ2v) is 18.3. The Bertz CT molecular complexity index is 2860. The van der Waals surface area contributed by atoms with Crippen molar-refractivity contribution < 1.29 is 37.8 Å². The molecule has 350 valence electrons. The van der Waals surface area contributed by atoms with E-state index in [9.17, 15) is 19.2 Å². The fraction of sp³-hybridized carbons (Fsp3) is 0.388. The first-order valence-electron chi connectivity index (χ1n) is 22.6. The van der Waals surface area contributed by atoms with E-state index in [4.69, 9.17) is 30.8 Å². The highest BCUT2D eigenvalue weighted by atomic mass is 35.5. The molecular weight excluding hydrogens is 881 g/mol. The normalized spacial score (nSPS) is 18.7. The van der Waals surface area contributed by atoms with Gasteiger partial charge in [0.1, 0.15) is 35.3 Å². The molecule has 3 aromatic carbocycles. The van der Waals surface area contributed by atoms with Crippen LogP contribution in [0, 0.1) is 17.7 Å². The molecule has 3 aliphatic rings. The zero-order valence-corrected chi connectivity index (χ0v) is 38.8. The van der Waals surface area contributed by atoms with Crippen LogP contribution in [-0.2, 0) is 19.1 Å². The van der Waals surface area contributed by atoms with Crippen molar-refractivity contribution in [1.82, 2.24) is 44.9 Å². The van der Waals surface area contributed by atoms with Crippen LogP contribution in [0.4, 0.5) is 14.0 Å². The zero-order chi connectivity index (χ0) is 47.3. The van der Waals surface area contributed by atoms with Gasteiger partial charge >= 0.3 is 12.2 Å². The summed E-state index contributed by atoms with van der Waals surface area (Å²) in [4.78, 5) is 71.5. The molecule has 16 nitrogen and oxygen atoms in total. The number of nitrogens with one attached hydrogen (secondary N) is 4. The molecule has 3 aliphatic heterocycles. The molecule has 6 heterocycles. The first-order valence-corrected chi connectivity index (χ1v) is 22.9. The van der Waals surface area contributed by atoms with Crippen molar-refractivity contribution in [2.75, 3.05) is 27.3 Å². The van der Waals surface area contributed by atoms with Crippen molar-refractivity contribution in [3.63, 3.8) is 0 Å². The van der Waals surface area contributed by atoms with Gasteiger partial charge in [0, 0.05) is 35.2 Å². The van der Waals surface area contributed by atoms with Crippen molar-refractivity contribution in [3.8, 4) is 39.5 Å². The molecule has 6 aromatic rings. The lowest BCUT2D eigenvalue weighted by molar-refractivity contribution is -0.136. The number of nitrogens with zero attached hydrogens (tertiary/aromatic N) is 5. The van der Waals surface area contributed by atoms with E-state index in [0.29, 0.717) is 76.4 Å². The highest BCUT2D eigenvalue weighted by Crippen LogP contribution is 2.51. The standard InChI is InChI=1S/C49H53ClFN9O7/c1-25(2)40(56-48(63)65-5)45(61)58-18-10-14-35(58)43-52-23-32(54-43)28-16-17-34-30(20-28)39(50)42-38-31(51)21-29(22-37(38)67-47(60(34)42)27-12-8-7-9-13-27)33-24-53-44(55-33)36-15-11-19-59(36)46(62)41(26(3)4)57-49(64)66-6/h7-9,12-13,16-17,20-26,35-36,40-41,47H,10-11,14-15,18-19H2,1-6H3,(H,52,54)(H,53,55)(H,56,63)(H,57,64)/t35-,36-,40-,41-,47-/m0/s1. The number of hydrogen-bond acceptors (Lipinski definition) is 9. The molecule has 2 saturated heterocycles. The average Bonchev–Trinajstić information content (AvgIpc) is 4.19. The minimum absolute atomic E-state index is 0.166. The number of methoxy groups -OCH3 is 2. The van der Waals surface area contributed by atoms with Gasteiger partial charge in [-0.15, -0.1) is 0 Å². The van der Waals surface area contributed by atoms with Gasteiger partial charge in [-0.2, -0.15) is 0 Å². The highest BCUT2D eigenvalue weighted by Gasteiger charge is 2.40. The van der Waals surface area contributed by atoms with E-state index in [0.717, 1.165) is 29.5 Å². The lowest BCUT2D eigenvalue weighted by atomic mass is 10.0. The predicted octanol–water partition coefficient (Wildman–Crippen LogP) is 8.91. The highest BCUT2D eigenvalue weighted by molar-refractivity contribution is 6.39. The molecule has 0 radical (unpaired) electrons. The van der Waals surface area contributed by atoms with Gasteiger partial charge in [0.25, 0.3) is 0 Å². The molecule has 0 bridgehead atoms. The number of carbonyl (C=O) groups is 4. The number of H-pyrrole nitrogens is 2. The van der Waals surface area contributed by atoms with Crippen LogP contribution in [0.15, 0.2) is 73.1 Å². The minimum atomic E-state index is -0.784. The third-order valence-electron chi connectivity index (χ3n) is 13.1. The predicted molar refractivity (Wildman–Crippen MR) is 248 cm³/mol. The van der Waals surface area contributed by atoms with Crippen molar-refractivity contribution in [2.24, 2.45) is 11.8 Å². The van der Waals surface area contributed by atoms with E-state index >= 15 is 4.39 Å². The number of fused-ring (bicyclic) bond motifs is 5. The first-order chi connectivity index (χ1) is 32.3. The molecular formula is C49H53ClFN9O7. The topological polar surface area (TPSA) is 189 Å². The molecule has 18 heteroatoms. The minimum Gasteiger partial charge on any atom is -0.465 e. The molecule has 4 N–H and O–H groups in total. The molecule has 4 amide bonds. The number of aromatic amines is 2. The number of halogens is 2. The summed E-state index contributed by atoms with van der Waals surface area (Å²) in [6, 6.07) is 16.4. The summed E-state index contributed by atoms with van der Waals surface area (Å²) in [5.74, 6) is 0.128. The van der Waals surface area contributed by atoms with E-state index in [1.807, 2.05) is 80.8 Å². The van der Waals surface area contributed by atoms with Gasteiger partial charge in [-0.25, -0.2) is 23.9 Å².